The van der Waals surface area contributed by atoms with E-state index >= 15 is 0 Å². The van der Waals surface area contributed by atoms with Crippen molar-refractivity contribution in [3.63, 3.8) is 0 Å². The second kappa shape index (κ2) is 53.3. The predicted octanol–water partition coefficient (Wildman–Crippen LogP) is 17.8. The highest BCUT2D eigenvalue weighted by Gasteiger charge is 2.27. The summed E-state index contributed by atoms with van der Waals surface area (Å²) in [6.07, 6.45) is 70.8. The first-order valence-corrected chi connectivity index (χ1v) is 31.5. The van der Waals surface area contributed by atoms with Crippen molar-refractivity contribution in [2.45, 2.75) is 258 Å². The molecule has 0 aliphatic heterocycles. The van der Waals surface area contributed by atoms with Gasteiger partial charge < -0.3 is 28.5 Å². The van der Waals surface area contributed by atoms with Crippen LogP contribution in [0.1, 0.15) is 245 Å². The Morgan fingerprint density at radius 3 is 1.41 bits per heavy atom. The summed E-state index contributed by atoms with van der Waals surface area (Å²) in [4.78, 5) is 39.9. The van der Waals surface area contributed by atoms with Crippen LogP contribution in [0.5, 0.6) is 0 Å². The maximum Gasteiger partial charge on any atom is 0.306 e. The molecule has 3 unspecified atom stereocenters. The molecule has 0 fully saturated rings. The molecular formula is C64H113N2O7P. The maximum atomic E-state index is 13.5. The molecule has 74 heavy (non-hydrogen) atoms. The van der Waals surface area contributed by atoms with Crippen molar-refractivity contribution in [1.29, 1.82) is 0 Å². The number of esters is 1. The Kier molecular flexibility index (Phi) is 51.1. The number of carbonyl (C=O) groups excluding carboxylic acids is 2. The second-order valence-electron chi connectivity index (χ2n) is 21.1. The SMILES string of the molecule is CC/C=C\C/C=C\C/C=C\C/C=C\C/C=C\CCCCCCCC(=O)OC(/C=C\CCCCCCCCCCCC)C(COP(=O)([O-])OCC[N+](C)(C)C)NC(=O)CCCCCCCC/C=C/C=C/CCCCC. The summed E-state index contributed by atoms with van der Waals surface area (Å²) in [6, 6.07) is -0.908. The van der Waals surface area contributed by atoms with Crippen molar-refractivity contribution >= 4 is 19.7 Å². The standard InChI is InChI=1S/C64H113N2O7P/c1-7-10-13-16-19-22-25-28-30-31-32-33-34-35-37-39-42-45-48-51-54-57-64(68)73-62(55-52-49-46-43-40-27-24-21-18-15-12-9-3)61(60-72-74(69,70)71-59-58-66(4,5)6)65-63(67)56-53-50-47-44-41-38-36-29-26-23-20-17-14-11-8-2/h10,13,19-20,22-23,26,28-30,32-33,35,37,52,55,61-62H,7-9,11-12,14-18,21,24-25,27,31,34,36,38-51,53-54,56-60H2,1-6H3,(H-,65,67,69,70)/b13-10-,22-19-,23-20+,29-26+,30-28-,33-32-,37-35-,55-52-. The minimum atomic E-state index is -4.71. The van der Waals surface area contributed by atoms with E-state index in [4.69, 9.17) is 13.8 Å². The normalized spacial score (nSPS) is 14.4. The molecule has 0 rings (SSSR count). The number of nitrogens with one attached hydrogen (secondary N) is 1. The number of carbonyl (C=O) groups is 2. The molecule has 0 saturated carbocycles. The molecule has 3 atom stereocenters. The summed E-state index contributed by atoms with van der Waals surface area (Å²) in [5.41, 5.74) is 0. The molecule has 1 N–H and O–H groups in total. The Morgan fingerprint density at radius 2 is 0.905 bits per heavy atom. The molecule has 0 radical (unpaired) electrons. The highest BCUT2D eigenvalue weighted by Crippen LogP contribution is 2.38. The summed E-state index contributed by atoms with van der Waals surface area (Å²) in [5, 5.41) is 3.01. The molecule has 0 aromatic carbocycles. The molecule has 0 aliphatic rings. The zero-order chi connectivity index (χ0) is 54.3. The van der Waals surface area contributed by atoms with Crippen molar-refractivity contribution in [1.82, 2.24) is 5.32 Å². The zero-order valence-electron chi connectivity index (χ0n) is 48.5. The third kappa shape index (κ3) is 53.7. The Morgan fingerprint density at radius 1 is 0.500 bits per heavy atom. The van der Waals surface area contributed by atoms with Crippen LogP contribution in [0.25, 0.3) is 0 Å². The number of likely N-dealkylation sites (N-methyl/N-ethyl adjacent to an activating group) is 1. The number of allylic oxidation sites excluding steroid dienone is 15. The number of unbranched alkanes of at least 4 members (excludes halogenated alkanes) is 24. The van der Waals surface area contributed by atoms with Crippen LogP contribution in [0.2, 0.25) is 0 Å². The van der Waals surface area contributed by atoms with Crippen molar-refractivity contribution in [3.05, 3.63) is 97.2 Å². The number of quaternary nitrogens is 1. The van der Waals surface area contributed by atoms with Gasteiger partial charge in [0.05, 0.1) is 33.8 Å². The molecule has 0 aliphatic carbocycles. The number of rotatable bonds is 53. The van der Waals surface area contributed by atoms with Gasteiger partial charge >= 0.3 is 5.97 Å². The van der Waals surface area contributed by atoms with Crippen molar-refractivity contribution in [3.8, 4) is 0 Å². The molecule has 0 aromatic rings. The smallest absolute Gasteiger partial charge is 0.306 e. The summed E-state index contributed by atoms with van der Waals surface area (Å²) >= 11 is 0. The molecule has 0 heterocycles. The van der Waals surface area contributed by atoms with Gasteiger partial charge in [0.2, 0.25) is 5.91 Å². The Labute approximate surface area is 456 Å². The van der Waals surface area contributed by atoms with Crippen molar-refractivity contribution < 1.29 is 37.3 Å². The topological polar surface area (TPSA) is 114 Å². The lowest BCUT2D eigenvalue weighted by Crippen LogP contribution is -2.47. The van der Waals surface area contributed by atoms with E-state index in [2.05, 4.69) is 111 Å². The van der Waals surface area contributed by atoms with Gasteiger partial charge in [-0.3, -0.25) is 14.2 Å². The van der Waals surface area contributed by atoms with E-state index in [0.29, 0.717) is 23.9 Å². The van der Waals surface area contributed by atoms with Crippen LogP contribution < -0.4 is 10.2 Å². The predicted molar refractivity (Wildman–Crippen MR) is 316 cm³/mol. The molecule has 9 nitrogen and oxygen atoms in total. The molecule has 426 valence electrons. The minimum absolute atomic E-state index is 0.0326. The molecule has 0 spiro atoms. The van der Waals surface area contributed by atoms with Crippen molar-refractivity contribution in [2.24, 2.45) is 0 Å². The van der Waals surface area contributed by atoms with Gasteiger partial charge in [0, 0.05) is 12.8 Å². The van der Waals surface area contributed by atoms with Crippen LogP contribution >= 0.6 is 7.82 Å². The molecule has 0 bridgehead atoms. The minimum Gasteiger partial charge on any atom is -0.756 e. The van der Waals surface area contributed by atoms with Crippen LogP contribution in [-0.2, 0) is 27.9 Å². The van der Waals surface area contributed by atoms with Crippen LogP contribution in [0, 0.1) is 0 Å². The van der Waals surface area contributed by atoms with Gasteiger partial charge in [-0.1, -0.05) is 227 Å². The summed E-state index contributed by atoms with van der Waals surface area (Å²) in [5.74, 6) is -0.581. The van der Waals surface area contributed by atoms with Crippen LogP contribution in [0.15, 0.2) is 97.2 Å². The maximum absolute atomic E-state index is 13.5. The third-order valence-corrected chi connectivity index (χ3v) is 13.7. The van der Waals surface area contributed by atoms with Crippen LogP contribution in [0.3, 0.4) is 0 Å². The second-order valence-corrected chi connectivity index (χ2v) is 22.6. The number of nitrogens with zero attached hydrogens (tertiary/aromatic N) is 1. The monoisotopic (exact) mass is 1050 g/mol. The van der Waals surface area contributed by atoms with Gasteiger partial charge in [0.15, 0.2) is 0 Å². The lowest BCUT2D eigenvalue weighted by atomic mass is 10.0. The van der Waals surface area contributed by atoms with E-state index in [1.165, 1.54) is 70.6 Å². The fourth-order valence-corrected chi connectivity index (χ4v) is 8.85. The Bertz CT molecular complexity index is 1590. The van der Waals surface area contributed by atoms with Crippen LogP contribution in [0.4, 0.5) is 0 Å². The molecule has 10 heteroatoms. The summed E-state index contributed by atoms with van der Waals surface area (Å²) in [7, 11) is 1.15. The van der Waals surface area contributed by atoms with Gasteiger partial charge in [-0.15, -0.1) is 0 Å². The molecule has 1 amide bonds. The van der Waals surface area contributed by atoms with Crippen molar-refractivity contribution in [2.75, 3.05) is 40.9 Å². The first kappa shape index (κ1) is 70.9. The number of hydrogen-bond donors (Lipinski definition) is 1. The van der Waals surface area contributed by atoms with E-state index in [0.717, 1.165) is 135 Å². The van der Waals surface area contributed by atoms with Gasteiger partial charge in [-0.05, 0) is 102 Å². The molecular weight excluding hydrogens is 940 g/mol. The lowest BCUT2D eigenvalue weighted by molar-refractivity contribution is -0.870. The van der Waals surface area contributed by atoms with E-state index in [1.54, 1.807) is 0 Å². The van der Waals surface area contributed by atoms with E-state index in [9.17, 15) is 19.0 Å². The largest absolute Gasteiger partial charge is 0.756 e. The fraction of sp³-hybridized carbons (Fsp3) is 0.719. The lowest BCUT2D eigenvalue weighted by Gasteiger charge is -2.30. The first-order chi connectivity index (χ1) is 35.9. The van der Waals surface area contributed by atoms with Gasteiger partial charge in [-0.25, -0.2) is 0 Å². The zero-order valence-corrected chi connectivity index (χ0v) is 49.4. The molecule has 0 aromatic heterocycles. The highest BCUT2D eigenvalue weighted by molar-refractivity contribution is 7.45. The quantitative estimate of drug-likeness (QED) is 0.0161. The number of ether oxygens (including phenoxy) is 1. The first-order valence-electron chi connectivity index (χ1n) is 30.1. The van der Waals surface area contributed by atoms with Gasteiger partial charge in [0.25, 0.3) is 7.82 Å². The number of phosphoric ester groups is 1. The third-order valence-electron chi connectivity index (χ3n) is 12.8. The summed E-state index contributed by atoms with van der Waals surface area (Å²) < 4.78 is 30.3. The number of amides is 1. The molecule has 0 saturated heterocycles. The number of hydrogen-bond acceptors (Lipinski definition) is 7. The highest BCUT2D eigenvalue weighted by atomic mass is 31.2. The van der Waals surface area contributed by atoms with Crippen LogP contribution in [-0.4, -0.2) is 69.4 Å². The van der Waals surface area contributed by atoms with E-state index < -0.39 is 26.6 Å². The van der Waals surface area contributed by atoms with Gasteiger partial charge in [0.1, 0.15) is 19.3 Å². The Hall–Kier alpha value is -3.07. The van der Waals surface area contributed by atoms with E-state index in [-0.39, 0.29) is 24.9 Å². The Balaban J connectivity index is 5.34. The van der Waals surface area contributed by atoms with Gasteiger partial charge in [-0.2, -0.15) is 0 Å². The fourth-order valence-electron chi connectivity index (χ4n) is 8.13. The average molecular weight is 1050 g/mol. The summed E-state index contributed by atoms with van der Waals surface area (Å²) in [6.45, 7) is 6.66. The van der Waals surface area contributed by atoms with E-state index in [1.807, 2.05) is 33.3 Å². The average Bonchev–Trinajstić information content (AvgIpc) is 3.36. The number of phosphoric acid groups is 1.